The maximum atomic E-state index is 15.4. The van der Waals surface area contributed by atoms with Crippen LogP contribution in [0.2, 0.25) is 0 Å². The molecule has 30 atom stereocenters. The van der Waals surface area contributed by atoms with Gasteiger partial charge in [0.1, 0.15) is 147 Å². The van der Waals surface area contributed by atoms with E-state index in [0.717, 1.165) is 44.1 Å². The van der Waals surface area contributed by atoms with E-state index in [2.05, 4.69) is 49.8 Å². The summed E-state index contributed by atoms with van der Waals surface area (Å²) in [7, 11) is 1.04. The average Bonchev–Trinajstić information content (AvgIpc) is 1.55. The van der Waals surface area contributed by atoms with E-state index in [-0.39, 0.29) is 75.3 Å². The molecule has 0 aromatic carbocycles. The summed E-state index contributed by atoms with van der Waals surface area (Å²) in [6, 6.07) is 0. The van der Waals surface area contributed by atoms with Crippen LogP contribution in [0, 0.1) is 27.7 Å². The summed E-state index contributed by atoms with van der Waals surface area (Å²) in [5, 5.41) is 11.0. The van der Waals surface area contributed by atoms with E-state index >= 15 is 9.46 Å². The number of rotatable bonds is 35. The molecule has 12 N–H and O–H groups in total. The lowest BCUT2D eigenvalue weighted by molar-refractivity contribution is -0.240. The third-order valence-electron chi connectivity index (χ3n) is 24.2. The van der Waals surface area contributed by atoms with Gasteiger partial charge in [-0.2, -0.15) is 15.0 Å². The Labute approximate surface area is 783 Å². The average molecular weight is 2110 g/mol. The number of imidazole rings is 2. The molecule has 9 aliphatic heterocycles. The lowest BCUT2D eigenvalue weighted by atomic mass is 9.94. The zero-order chi connectivity index (χ0) is 96.3. The summed E-state index contributed by atoms with van der Waals surface area (Å²) in [4.78, 5) is 201. The topological polar surface area (TPSA) is 737 Å². The van der Waals surface area contributed by atoms with Gasteiger partial charge >= 0.3 is 22.8 Å². The molecule has 732 valence electrons. The molecule has 17 heterocycles. The Kier molecular flexibility index (Phi) is 27.6. The molecule has 0 amide bonds. The number of fused-ring (bicyclic) bond motifs is 8. The molecule has 0 saturated carbocycles. The fourth-order valence-corrected chi connectivity index (χ4v) is 25.5. The molecule has 67 heteroatoms. The number of hydrogen-bond acceptors (Lipinski definition) is 52. The zero-order valence-corrected chi connectivity index (χ0v) is 80.9. The lowest BCUT2D eigenvalue weighted by Crippen LogP contribution is -2.52. The number of nitrogens with zero attached hydrogens (tertiary/aromatic N) is 13. The molecule has 17 rings (SSSR count). The molecule has 0 aliphatic carbocycles. The summed E-state index contributed by atoms with van der Waals surface area (Å²) >= 11 is 32.9. The van der Waals surface area contributed by atoms with Crippen molar-refractivity contribution in [2.75, 3.05) is 69.7 Å². The van der Waals surface area contributed by atoms with Crippen molar-refractivity contribution in [1.82, 2.24) is 77.2 Å². The standard InChI is InChI=1S/C67H88N20O35P6S6/c1-25-12-83(61(92)76-49(25)68)57-43-46(65(19-88,114-57)29(5)108-43)120-127(100,133)106-21-67-31(7)110-45(58(115-67)84-13-26(2)50(69)77-62(84)93)48(67)122-128(101,134)107-20-66-30(6)109-44(59(116-66)85-15-28(4)55(90)81-64(85)95)47(66)121-126(99,132)105-18-36-33(9-38(111-36)82-14-27(3)54(89)80-63(82)94)118-124(97,130)104-17-37-34(11-39(112-37)86-23-74-41-51(70)72-22-73-52(41)86)119-125(98,131)103-16-35-32(117-123(96,129)102-8)10-40(113-35)87-24-75-42-53(87)78-60(71)79-56(42)91/h12-15,22-24,29-40,43-48,57-59,88H,9-11,16-21H2,1-8H3,(H,96,129)(H,97,130)(H,98,131)(H,99,132)(H,100,133)(H,101,134)(H2,68,76,92)(H2,69,77,93)(H2,70,72,73)(H,80,89,94)(H,81,90,95)(H3,71,78,79,91)/p-6/t29-,30-,31-,32?,33?,34?,35+,36+,37+,38+,39+,40+,43-,44-,45-,46?,47?,48?,57+,58+,59+,65-,66-,67-,123?,124?,125?,126?,127?,128?/m0/s1. The highest BCUT2D eigenvalue weighted by Gasteiger charge is 2.72. The summed E-state index contributed by atoms with van der Waals surface area (Å²) < 4.78 is 151. The van der Waals surface area contributed by atoms with Crippen LogP contribution in [0.15, 0.2) is 77.3 Å². The van der Waals surface area contributed by atoms with Gasteiger partial charge in [0.15, 0.2) is 48.1 Å². The van der Waals surface area contributed by atoms with Gasteiger partial charge in [0.05, 0.1) is 88.9 Å². The van der Waals surface area contributed by atoms with Crippen molar-refractivity contribution >= 4 is 157 Å². The van der Waals surface area contributed by atoms with Crippen LogP contribution in [0.3, 0.4) is 0 Å². The number of hydrogen-bond donors (Lipinski definition) is 8. The number of aryl methyl sites for hydroxylation is 4. The van der Waals surface area contributed by atoms with E-state index in [0.29, 0.717) is 5.56 Å². The number of aromatic nitrogens is 16. The second-order valence-electron chi connectivity index (χ2n) is 32.5. The molecule has 12 unspecified atom stereocenters. The Bertz CT molecular complexity index is 6740. The second kappa shape index (κ2) is 37.1. The minimum atomic E-state index is -5.24. The highest BCUT2D eigenvalue weighted by Crippen LogP contribution is 2.64. The quantitative estimate of drug-likeness (QED) is 0.0138. The van der Waals surface area contributed by atoms with Crippen LogP contribution >= 0.6 is 40.4 Å². The van der Waals surface area contributed by atoms with Gasteiger partial charge in [0.25, 0.3) is 16.7 Å². The van der Waals surface area contributed by atoms with Crippen molar-refractivity contribution in [3.8, 4) is 0 Å². The maximum absolute atomic E-state index is 15.4. The van der Waals surface area contributed by atoms with Crippen molar-refractivity contribution in [3.05, 3.63) is 139 Å². The van der Waals surface area contributed by atoms with Crippen LogP contribution < -0.4 is 86.8 Å². The fraction of sp³-hybridized carbons (Fsp3) is 0.612. The van der Waals surface area contributed by atoms with Gasteiger partial charge in [0.2, 0.25) is 5.95 Å². The third kappa shape index (κ3) is 19.1. The molecule has 55 nitrogen and oxygen atoms in total. The molecule has 9 fully saturated rings. The van der Waals surface area contributed by atoms with Crippen LogP contribution in [0.4, 0.5) is 23.4 Å². The van der Waals surface area contributed by atoms with Gasteiger partial charge in [-0.05, 0) is 48.5 Å². The zero-order valence-electron chi connectivity index (χ0n) is 70.6. The molecule has 0 radical (unpaired) electrons. The number of nitrogen functional groups attached to an aromatic ring is 4. The molecule has 8 aromatic heterocycles. The van der Waals surface area contributed by atoms with Gasteiger partial charge in [-0.1, -0.05) is 59.0 Å². The largest absolute Gasteiger partial charge is 0.780 e. The number of nitrogens with two attached hydrogens (primary N) is 4. The molecule has 6 bridgehead atoms. The summed E-state index contributed by atoms with van der Waals surface area (Å²) in [5.74, 6) is -0.525. The van der Waals surface area contributed by atoms with E-state index < -0.39 is 272 Å². The molecular formula is C67H82N20O35P6S6-6. The van der Waals surface area contributed by atoms with Gasteiger partial charge in [0, 0.05) is 73.4 Å². The summed E-state index contributed by atoms with van der Waals surface area (Å²) in [5.41, 5.74) is 12.2. The Hall–Kier alpha value is -6.03. The Morgan fingerprint density at radius 3 is 1.36 bits per heavy atom. The first-order chi connectivity index (χ1) is 62.9. The van der Waals surface area contributed by atoms with Crippen molar-refractivity contribution in [1.29, 1.82) is 0 Å². The Morgan fingerprint density at radius 1 is 0.470 bits per heavy atom. The van der Waals surface area contributed by atoms with Crippen LogP contribution in [0.1, 0.15) is 99.7 Å². The molecule has 9 aliphatic rings. The van der Waals surface area contributed by atoms with E-state index in [4.69, 9.17) is 191 Å². The molecule has 8 aromatic rings. The van der Waals surface area contributed by atoms with Crippen LogP contribution in [0.25, 0.3) is 22.3 Å². The first kappa shape index (κ1) is 99.5. The minimum Gasteiger partial charge on any atom is -0.780 e. The SMILES string of the molecule is COP([O-])(=S)OC1C[C@H](n2cnc3c(=O)[nH]c(N)nc32)O[C@@H]1COP([O-])(=S)OC1C[C@H](n2cnc3c(N)ncnc32)O[C@@H]1COP([O-])(=S)OC1C[C@H](n2cc(C)c(=O)[nH]c2=O)O[C@@H]1COP([O-])(=S)OC1[C@@H]2O[C@@H](C)[C@]1(COP(=O)([S-])OC1[C@@H]3O[C@@H](C)[C@]1(COP([O-])(=S)OC1[C@@H]4O[C@@H](C)[C@]1(CO)O[C@H]4n1cc(C)c(N)nc1=O)O[C@H]3n1cc(C)c(N)nc1=O)O[C@H]2n1cc(C)c(=O)[nH]c1=O. The molecule has 134 heavy (non-hydrogen) atoms. The second-order valence-corrected chi connectivity index (χ2v) is 48.8. The lowest BCUT2D eigenvalue weighted by Gasteiger charge is -2.42. The van der Waals surface area contributed by atoms with Gasteiger partial charge in [-0.25, -0.2) is 39.1 Å². The predicted octanol–water partition coefficient (Wildman–Crippen LogP) is -4.22. The first-order valence-corrected chi connectivity index (χ1v) is 55.6. The van der Waals surface area contributed by atoms with Crippen LogP contribution in [-0.4, -0.2) is 237 Å². The number of aliphatic hydroxyl groups excluding tert-OH is 1. The number of anilines is 4. The number of aliphatic hydroxyl groups is 1. The van der Waals surface area contributed by atoms with Crippen LogP contribution in [0.5, 0.6) is 0 Å². The van der Waals surface area contributed by atoms with E-state index in [9.17, 15) is 58.2 Å². The molecule has 0 spiro atoms. The normalized spacial score (nSPS) is 34.2. The maximum Gasteiger partial charge on any atom is 0.351 e. The summed E-state index contributed by atoms with van der Waals surface area (Å²) in [6.45, 7) is -24.8. The fourth-order valence-electron chi connectivity index (χ4n) is 17.3. The molecular weight excluding hydrogens is 2020 g/mol. The van der Waals surface area contributed by atoms with E-state index in [1.165, 1.54) is 75.7 Å². The monoisotopic (exact) mass is 2100 g/mol. The van der Waals surface area contributed by atoms with Gasteiger partial charge in [-0.15, -0.1) is 0 Å². The van der Waals surface area contributed by atoms with Crippen molar-refractivity contribution in [3.63, 3.8) is 0 Å². The van der Waals surface area contributed by atoms with E-state index in [1.807, 2.05) is 0 Å². The number of nitrogens with one attached hydrogen (secondary N) is 3. The van der Waals surface area contributed by atoms with Gasteiger partial charge in [-0.3, -0.25) is 61.3 Å². The first-order valence-electron chi connectivity index (χ1n) is 40.3. The highest BCUT2D eigenvalue weighted by molar-refractivity contribution is 8.32. The Morgan fingerprint density at radius 2 is 0.866 bits per heavy atom. The third-order valence-corrected chi connectivity index (χ3v) is 33.6. The van der Waals surface area contributed by atoms with Gasteiger partial charge < -0.3 is 162 Å². The van der Waals surface area contributed by atoms with Crippen molar-refractivity contribution < 1.29 is 131 Å². The Balaban J connectivity index is 0.615. The predicted molar refractivity (Wildman–Crippen MR) is 466 cm³/mol. The number of H-pyrrole nitrogens is 3. The highest BCUT2D eigenvalue weighted by atomic mass is 32.7. The van der Waals surface area contributed by atoms with Crippen LogP contribution in [-0.2, 0) is 173 Å². The number of ether oxygens (including phenoxy) is 9. The van der Waals surface area contributed by atoms with E-state index in [1.54, 1.807) is 6.92 Å². The number of aromatic amines is 3. The smallest absolute Gasteiger partial charge is 0.351 e. The van der Waals surface area contributed by atoms with Crippen molar-refractivity contribution in [2.45, 2.75) is 213 Å². The minimum absolute atomic E-state index is 0.00423. The molecule has 9 saturated heterocycles. The summed E-state index contributed by atoms with van der Waals surface area (Å²) in [6.07, 6.45) is -22.8. The van der Waals surface area contributed by atoms with Crippen molar-refractivity contribution in [2.24, 2.45) is 0 Å².